The van der Waals surface area contributed by atoms with E-state index in [9.17, 15) is 14.7 Å². The Morgan fingerprint density at radius 1 is 0.917 bits per heavy atom. The number of rotatable bonds is 3. The minimum Gasteiger partial charge on any atom is -0.481 e. The van der Waals surface area contributed by atoms with Crippen molar-refractivity contribution in [1.29, 1.82) is 0 Å². The number of carbonyl (C=O) groups excluding carboxylic acids is 1. The lowest BCUT2D eigenvalue weighted by Crippen LogP contribution is -2.52. The molecular weight excluding hydrogens is 304 g/mol. The van der Waals surface area contributed by atoms with Crippen LogP contribution in [-0.4, -0.2) is 48.1 Å². The van der Waals surface area contributed by atoms with E-state index in [0.717, 1.165) is 19.5 Å². The van der Waals surface area contributed by atoms with Gasteiger partial charge in [-0.1, -0.05) is 30.4 Å². The highest BCUT2D eigenvalue weighted by Crippen LogP contribution is 2.48. The van der Waals surface area contributed by atoms with Gasteiger partial charge in [-0.15, -0.1) is 0 Å². The Labute approximate surface area is 141 Å². The number of carboxylic acids is 1. The number of anilines is 1. The van der Waals surface area contributed by atoms with Crippen molar-refractivity contribution in [2.45, 2.75) is 6.42 Å². The Morgan fingerprint density at radius 3 is 2.17 bits per heavy atom. The SMILES string of the molecule is O=C(O)[C@@H]1[C@H](C(=O)N2CCN(c3ccccc3)CC2)[C@@H]2C=C[C@H]1C2. The number of para-hydroxylation sites is 1. The van der Waals surface area contributed by atoms with Crippen LogP contribution in [0.3, 0.4) is 0 Å². The summed E-state index contributed by atoms with van der Waals surface area (Å²) in [5, 5.41) is 9.53. The number of hydrogen-bond acceptors (Lipinski definition) is 3. The Hall–Kier alpha value is -2.30. The van der Waals surface area contributed by atoms with Crippen LogP contribution in [0, 0.1) is 23.7 Å². The van der Waals surface area contributed by atoms with Gasteiger partial charge in [-0.3, -0.25) is 9.59 Å². The molecule has 1 aromatic carbocycles. The summed E-state index contributed by atoms with van der Waals surface area (Å²) in [6.45, 7) is 2.92. The minimum absolute atomic E-state index is 0.0342. The number of amides is 1. The van der Waals surface area contributed by atoms with Gasteiger partial charge < -0.3 is 14.9 Å². The van der Waals surface area contributed by atoms with Gasteiger partial charge in [0.1, 0.15) is 0 Å². The third-order valence-electron chi connectivity index (χ3n) is 5.74. The van der Waals surface area contributed by atoms with Crippen molar-refractivity contribution >= 4 is 17.6 Å². The predicted octanol–water partition coefficient (Wildman–Crippen LogP) is 1.86. The van der Waals surface area contributed by atoms with Gasteiger partial charge >= 0.3 is 5.97 Å². The van der Waals surface area contributed by atoms with Gasteiger partial charge in [-0.2, -0.15) is 0 Å². The third kappa shape index (κ3) is 2.48. The lowest BCUT2D eigenvalue weighted by Gasteiger charge is -2.38. The number of aliphatic carboxylic acids is 1. The lowest BCUT2D eigenvalue weighted by atomic mass is 9.82. The summed E-state index contributed by atoms with van der Waals surface area (Å²) in [5.41, 5.74) is 1.18. The molecule has 2 bridgehead atoms. The molecule has 5 nitrogen and oxygen atoms in total. The second-order valence-corrected chi connectivity index (χ2v) is 6.99. The molecule has 2 fully saturated rings. The molecule has 1 saturated heterocycles. The zero-order valence-corrected chi connectivity index (χ0v) is 13.5. The molecule has 1 aromatic rings. The number of piperazine rings is 1. The van der Waals surface area contributed by atoms with Gasteiger partial charge in [0.2, 0.25) is 5.91 Å². The van der Waals surface area contributed by atoms with Gasteiger partial charge in [0.15, 0.2) is 0 Å². The highest BCUT2D eigenvalue weighted by atomic mass is 16.4. The van der Waals surface area contributed by atoms with E-state index in [-0.39, 0.29) is 23.7 Å². The van der Waals surface area contributed by atoms with E-state index >= 15 is 0 Å². The van der Waals surface area contributed by atoms with Crippen LogP contribution in [0.15, 0.2) is 42.5 Å². The molecule has 0 aromatic heterocycles. The van der Waals surface area contributed by atoms with E-state index in [1.54, 1.807) is 0 Å². The molecule has 4 rings (SSSR count). The Bertz CT molecular complexity index is 664. The topological polar surface area (TPSA) is 60.9 Å². The van der Waals surface area contributed by atoms with Crippen LogP contribution in [0.25, 0.3) is 0 Å². The maximum Gasteiger partial charge on any atom is 0.307 e. The first kappa shape index (κ1) is 15.2. The normalized spacial score (nSPS) is 31.5. The number of allylic oxidation sites excluding steroid dienone is 2. The first-order valence-corrected chi connectivity index (χ1v) is 8.65. The van der Waals surface area contributed by atoms with Crippen LogP contribution in [0.5, 0.6) is 0 Å². The lowest BCUT2D eigenvalue weighted by molar-refractivity contribution is -0.151. The molecule has 0 spiro atoms. The average Bonchev–Trinajstić information content (AvgIpc) is 3.23. The number of nitrogens with zero attached hydrogens (tertiary/aromatic N) is 2. The maximum atomic E-state index is 13.0. The molecule has 1 amide bonds. The van der Waals surface area contributed by atoms with Crippen LogP contribution in [0.1, 0.15) is 6.42 Å². The second-order valence-electron chi connectivity index (χ2n) is 6.99. The molecule has 4 atom stereocenters. The predicted molar refractivity (Wildman–Crippen MR) is 90.6 cm³/mol. The Kier molecular flexibility index (Phi) is 3.79. The Morgan fingerprint density at radius 2 is 1.54 bits per heavy atom. The van der Waals surface area contributed by atoms with Crippen LogP contribution < -0.4 is 4.90 Å². The van der Waals surface area contributed by atoms with Gasteiger partial charge in [-0.25, -0.2) is 0 Å². The second kappa shape index (κ2) is 5.96. The fourth-order valence-electron chi connectivity index (χ4n) is 4.53. The quantitative estimate of drug-likeness (QED) is 0.861. The molecule has 3 aliphatic rings. The van der Waals surface area contributed by atoms with Gasteiger partial charge in [0.25, 0.3) is 0 Å². The van der Waals surface area contributed by atoms with E-state index in [2.05, 4.69) is 17.0 Å². The van der Waals surface area contributed by atoms with Crippen LogP contribution in [0.2, 0.25) is 0 Å². The fraction of sp³-hybridized carbons (Fsp3) is 0.474. The van der Waals surface area contributed by atoms with Crippen LogP contribution in [0.4, 0.5) is 5.69 Å². The van der Waals surface area contributed by atoms with Crippen molar-refractivity contribution in [2.24, 2.45) is 23.7 Å². The largest absolute Gasteiger partial charge is 0.481 e. The smallest absolute Gasteiger partial charge is 0.307 e. The summed E-state index contributed by atoms with van der Waals surface area (Å²) in [7, 11) is 0. The van der Waals surface area contributed by atoms with E-state index < -0.39 is 11.9 Å². The van der Waals surface area contributed by atoms with Crippen molar-refractivity contribution in [2.75, 3.05) is 31.1 Å². The highest BCUT2D eigenvalue weighted by molar-refractivity contribution is 5.87. The van der Waals surface area contributed by atoms with Crippen LogP contribution >= 0.6 is 0 Å². The molecule has 5 heteroatoms. The van der Waals surface area contributed by atoms with E-state index in [1.807, 2.05) is 35.3 Å². The third-order valence-corrected chi connectivity index (χ3v) is 5.74. The Balaban J connectivity index is 1.43. The summed E-state index contributed by atoms with van der Waals surface area (Å²) in [4.78, 5) is 28.7. The first-order chi connectivity index (χ1) is 11.6. The number of carbonyl (C=O) groups is 2. The van der Waals surface area contributed by atoms with Gasteiger partial charge in [-0.05, 0) is 30.4 Å². The van der Waals surface area contributed by atoms with Gasteiger partial charge in [0.05, 0.1) is 11.8 Å². The summed E-state index contributed by atoms with van der Waals surface area (Å²) in [5.74, 6) is -1.57. The number of carboxylic acid groups (broad SMARTS) is 1. The van der Waals surface area contributed by atoms with Crippen molar-refractivity contribution in [3.63, 3.8) is 0 Å². The van der Waals surface area contributed by atoms with Crippen molar-refractivity contribution in [1.82, 2.24) is 4.90 Å². The molecule has 0 radical (unpaired) electrons. The maximum absolute atomic E-state index is 13.0. The van der Waals surface area contributed by atoms with Gasteiger partial charge in [0, 0.05) is 31.9 Å². The fourth-order valence-corrected chi connectivity index (χ4v) is 4.53. The standard InChI is InChI=1S/C19H22N2O3/c22-18(16-13-6-7-14(12-13)17(16)19(23)24)21-10-8-20(9-11-21)15-4-2-1-3-5-15/h1-7,13-14,16-17H,8-12H2,(H,23,24)/t13-,14+,16-,17+/m1/s1. The monoisotopic (exact) mass is 326 g/mol. The van der Waals surface area contributed by atoms with Crippen molar-refractivity contribution < 1.29 is 14.7 Å². The molecule has 24 heavy (non-hydrogen) atoms. The summed E-state index contributed by atoms with van der Waals surface area (Å²) < 4.78 is 0. The number of hydrogen-bond donors (Lipinski definition) is 1. The highest BCUT2D eigenvalue weighted by Gasteiger charge is 2.52. The number of benzene rings is 1. The molecule has 126 valence electrons. The summed E-state index contributed by atoms with van der Waals surface area (Å²) in [6.07, 6.45) is 4.85. The first-order valence-electron chi connectivity index (χ1n) is 8.65. The average molecular weight is 326 g/mol. The summed E-state index contributed by atoms with van der Waals surface area (Å²) in [6, 6.07) is 10.2. The van der Waals surface area contributed by atoms with Crippen LogP contribution in [-0.2, 0) is 9.59 Å². The molecule has 1 saturated carbocycles. The number of fused-ring (bicyclic) bond motifs is 2. The molecular formula is C19H22N2O3. The molecule has 2 aliphatic carbocycles. The zero-order chi connectivity index (χ0) is 16.7. The van der Waals surface area contributed by atoms with E-state index in [0.29, 0.717) is 13.1 Å². The molecule has 0 unspecified atom stereocenters. The van der Waals surface area contributed by atoms with E-state index in [1.165, 1.54) is 5.69 Å². The molecule has 1 heterocycles. The zero-order valence-electron chi connectivity index (χ0n) is 13.5. The van der Waals surface area contributed by atoms with Crippen molar-refractivity contribution in [3.8, 4) is 0 Å². The van der Waals surface area contributed by atoms with E-state index in [4.69, 9.17) is 0 Å². The van der Waals surface area contributed by atoms with Crippen molar-refractivity contribution in [3.05, 3.63) is 42.5 Å². The minimum atomic E-state index is -0.826. The molecule has 1 aliphatic heterocycles. The molecule has 1 N–H and O–H groups in total. The summed E-state index contributed by atoms with van der Waals surface area (Å²) >= 11 is 0.